The van der Waals surface area contributed by atoms with Crippen molar-refractivity contribution in [3.8, 4) is 0 Å². The van der Waals surface area contributed by atoms with Crippen molar-refractivity contribution in [3.05, 3.63) is 0 Å². The molecule has 1 saturated carbocycles. The molecule has 2 aliphatic rings. The van der Waals surface area contributed by atoms with E-state index in [4.69, 9.17) is 4.74 Å². The SMILES string of the molecule is CCC(CC)C(CNC(=NC)NCC(C1CC1)N(C)C)N1CCOCC1. The lowest BCUT2D eigenvalue weighted by Crippen LogP contribution is -2.54. The zero-order valence-corrected chi connectivity index (χ0v) is 17.6. The molecular weight excluding hydrogens is 326 g/mol. The van der Waals surface area contributed by atoms with Crippen LogP contribution in [0.1, 0.15) is 39.5 Å². The first-order chi connectivity index (χ1) is 12.6. The molecule has 1 saturated heterocycles. The number of morpholine rings is 1. The molecule has 2 rings (SSSR count). The van der Waals surface area contributed by atoms with E-state index in [1.807, 2.05) is 7.05 Å². The summed E-state index contributed by atoms with van der Waals surface area (Å²) in [6.07, 6.45) is 5.17. The molecule has 2 atom stereocenters. The average Bonchev–Trinajstić information content (AvgIpc) is 3.49. The molecule has 0 bridgehead atoms. The molecule has 1 heterocycles. The Kier molecular flexibility index (Phi) is 9.16. The minimum atomic E-state index is 0.542. The standard InChI is InChI=1S/C20H41N5O/c1-6-16(7-2)19(25-10-12-26-13-11-25)15-23-20(21-3)22-14-18(24(4)5)17-8-9-17/h16-19H,6-15H2,1-5H3,(H2,21,22,23). The number of rotatable bonds is 10. The van der Waals surface area contributed by atoms with E-state index in [2.05, 4.69) is 53.4 Å². The van der Waals surface area contributed by atoms with Crippen LogP contribution in [-0.4, -0.2) is 88.4 Å². The predicted molar refractivity (Wildman–Crippen MR) is 110 cm³/mol. The highest BCUT2D eigenvalue weighted by atomic mass is 16.5. The second-order valence-corrected chi connectivity index (χ2v) is 7.99. The van der Waals surface area contributed by atoms with Crippen molar-refractivity contribution in [2.45, 2.75) is 51.6 Å². The Hall–Kier alpha value is -0.850. The van der Waals surface area contributed by atoms with Gasteiger partial charge in [0, 0.05) is 45.3 Å². The van der Waals surface area contributed by atoms with Gasteiger partial charge < -0.3 is 20.3 Å². The van der Waals surface area contributed by atoms with Crippen molar-refractivity contribution >= 4 is 5.96 Å². The predicted octanol–water partition coefficient (Wildman–Crippen LogP) is 1.63. The van der Waals surface area contributed by atoms with Gasteiger partial charge in [0.25, 0.3) is 0 Å². The molecule has 6 heteroatoms. The molecule has 2 unspecified atom stereocenters. The van der Waals surface area contributed by atoms with Gasteiger partial charge >= 0.3 is 0 Å². The van der Waals surface area contributed by atoms with Crippen molar-refractivity contribution in [1.29, 1.82) is 0 Å². The van der Waals surface area contributed by atoms with Gasteiger partial charge in [-0.2, -0.15) is 0 Å². The normalized spacial score (nSPS) is 21.9. The van der Waals surface area contributed by atoms with Crippen molar-refractivity contribution < 1.29 is 4.74 Å². The van der Waals surface area contributed by atoms with Gasteiger partial charge in [-0.05, 0) is 38.8 Å². The largest absolute Gasteiger partial charge is 0.379 e. The Balaban J connectivity index is 1.87. The smallest absolute Gasteiger partial charge is 0.191 e. The molecule has 0 amide bonds. The molecule has 1 aliphatic carbocycles. The summed E-state index contributed by atoms with van der Waals surface area (Å²) < 4.78 is 5.56. The van der Waals surface area contributed by atoms with E-state index in [9.17, 15) is 0 Å². The third-order valence-electron chi connectivity index (χ3n) is 6.12. The first-order valence-electron chi connectivity index (χ1n) is 10.5. The first kappa shape index (κ1) is 21.5. The van der Waals surface area contributed by atoms with E-state index in [0.717, 1.165) is 51.3 Å². The lowest BCUT2D eigenvalue weighted by molar-refractivity contribution is 0.00271. The van der Waals surface area contributed by atoms with Gasteiger partial charge in [-0.25, -0.2) is 0 Å². The maximum Gasteiger partial charge on any atom is 0.191 e. The Bertz CT molecular complexity index is 412. The zero-order valence-electron chi connectivity index (χ0n) is 17.6. The summed E-state index contributed by atoms with van der Waals surface area (Å²) in [7, 11) is 6.24. The second kappa shape index (κ2) is 11.1. The van der Waals surface area contributed by atoms with Crippen LogP contribution in [-0.2, 0) is 4.74 Å². The molecule has 2 N–H and O–H groups in total. The summed E-state index contributed by atoms with van der Waals surface area (Å²) in [6, 6.07) is 1.14. The molecule has 0 aromatic heterocycles. The van der Waals surface area contributed by atoms with Gasteiger partial charge in [-0.3, -0.25) is 9.89 Å². The van der Waals surface area contributed by atoms with Crippen molar-refractivity contribution in [3.63, 3.8) is 0 Å². The summed E-state index contributed by atoms with van der Waals surface area (Å²) in [5.74, 6) is 2.49. The number of hydrogen-bond donors (Lipinski definition) is 2. The van der Waals surface area contributed by atoms with Crippen LogP contribution < -0.4 is 10.6 Å². The van der Waals surface area contributed by atoms with Crippen LogP contribution in [0, 0.1) is 11.8 Å². The van der Waals surface area contributed by atoms with Crippen LogP contribution in [0.4, 0.5) is 0 Å². The minimum absolute atomic E-state index is 0.542. The van der Waals surface area contributed by atoms with Crippen molar-refractivity contribution in [1.82, 2.24) is 20.4 Å². The van der Waals surface area contributed by atoms with E-state index < -0.39 is 0 Å². The van der Waals surface area contributed by atoms with E-state index >= 15 is 0 Å². The lowest BCUT2D eigenvalue weighted by Gasteiger charge is -2.39. The monoisotopic (exact) mass is 367 g/mol. The molecule has 6 nitrogen and oxygen atoms in total. The fourth-order valence-electron chi connectivity index (χ4n) is 4.21. The van der Waals surface area contributed by atoms with E-state index in [1.54, 1.807) is 0 Å². The fraction of sp³-hybridized carbons (Fsp3) is 0.950. The molecular formula is C20H41N5O. The summed E-state index contributed by atoms with van der Waals surface area (Å²) in [5.41, 5.74) is 0. The van der Waals surface area contributed by atoms with Gasteiger partial charge in [0.05, 0.1) is 13.2 Å². The molecule has 152 valence electrons. The van der Waals surface area contributed by atoms with Crippen LogP contribution in [0.2, 0.25) is 0 Å². The van der Waals surface area contributed by atoms with Gasteiger partial charge in [-0.1, -0.05) is 26.7 Å². The summed E-state index contributed by atoms with van der Waals surface area (Å²) >= 11 is 0. The molecule has 0 aromatic rings. The lowest BCUT2D eigenvalue weighted by atomic mass is 9.92. The molecule has 0 aromatic carbocycles. The van der Waals surface area contributed by atoms with Crippen molar-refractivity contribution in [2.24, 2.45) is 16.8 Å². The Morgan fingerprint density at radius 2 is 1.73 bits per heavy atom. The number of hydrogen-bond acceptors (Lipinski definition) is 4. The third-order valence-corrected chi connectivity index (χ3v) is 6.12. The topological polar surface area (TPSA) is 52.1 Å². The second-order valence-electron chi connectivity index (χ2n) is 7.99. The highest BCUT2D eigenvalue weighted by molar-refractivity contribution is 5.79. The molecule has 2 fully saturated rings. The van der Waals surface area contributed by atoms with Gasteiger partial charge in [0.2, 0.25) is 0 Å². The maximum absolute atomic E-state index is 5.56. The maximum atomic E-state index is 5.56. The number of nitrogens with zero attached hydrogens (tertiary/aromatic N) is 3. The summed E-state index contributed by atoms with van der Waals surface area (Å²) in [4.78, 5) is 9.41. The Labute approximate surface area is 160 Å². The van der Waals surface area contributed by atoms with Crippen LogP contribution >= 0.6 is 0 Å². The number of likely N-dealkylation sites (N-methyl/N-ethyl adjacent to an activating group) is 1. The summed E-state index contributed by atoms with van der Waals surface area (Å²) in [6.45, 7) is 10.3. The minimum Gasteiger partial charge on any atom is -0.379 e. The Morgan fingerprint density at radius 3 is 2.23 bits per heavy atom. The fourth-order valence-corrected chi connectivity index (χ4v) is 4.21. The Morgan fingerprint density at radius 1 is 1.12 bits per heavy atom. The molecule has 0 radical (unpaired) electrons. The van der Waals surface area contributed by atoms with Gasteiger partial charge in [0.15, 0.2) is 5.96 Å². The van der Waals surface area contributed by atoms with Crippen LogP contribution in [0.5, 0.6) is 0 Å². The molecule has 1 aliphatic heterocycles. The van der Waals surface area contributed by atoms with Crippen LogP contribution in [0.15, 0.2) is 4.99 Å². The number of nitrogens with one attached hydrogen (secondary N) is 2. The third kappa shape index (κ3) is 6.39. The first-order valence-corrected chi connectivity index (χ1v) is 10.5. The molecule has 0 spiro atoms. The van der Waals surface area contributed by atoms with Gasteiger partial charge in [0.1, 0.15) is 0 Å². The number of guanidine groups is 1. The highest BCUT2D eigenvalue weighted by Gasteiger charge is 2.32. The van der Waals surface area contributed by atoms with E-state index in [-0.39, 0.29) is 0 Å². The summed E-state index contributed by atoms with van der Waals surface area (Å²) in [5, 5.41) is 7.17. The number of aliphatic imine (C=N–C) groups is 1. The molecule has 26 heavy (non-hydrogen) atoms. The quantitative estimate of drug-likeness (QED) is 0.454. The van der Waals surface area contributed by atoms with Crippen LogP contribution in [0.25, 0.3) is 0 Å². The van der Waals surface area contributed by atoms with Gasteiger partial charge in [-0.15, -0.1) is 0 Å². The van der Waals surface area contributed by atoms with Crippen molar-refractivity contribution in [2.75, 3.05) is 60.5 Å². The zero-order chi connectivity index (χ0) is 18.9. The highest BCUT2D eigenvalue weighted by Crippen LogP contribution is 2.34. The van der Waals surface area contributed by atoms with Crippen LogP contribution in [0.3, 0.4) is 0 Å². The number of ether oxygens (including phenoxy) is 1. The van der Waals surface area contributed by atoms with E-state index in [0.29, 0.717) is 18.0 Å². The average molecular weight is 368 g/mol. The van der Waals surface area contributed by atoms with E-state index in [1.165, 1.54) is 25.7 Å².